The molecule has 118 valence electrons. The van der Waals surface area contributed by atoms with Crippen molar-refractivity contribution in [2.24, 2.45) is 0 Å². The molecule has 1 aromatic carbocycles. The van der Waals surface area contributed by atoms with Crippen LogP contribution in [0.3, 0.4) is 0 Å². The molecule has 1 saturated heterocycles. The second kappa shape index (κ2) is 7.03. The van der Waals surface area contributed by atoms with Crippen molar-refractivity contribution in [2.45, 2.75) is 38.8 Å². The Balaban J connectivity index is 1.57. The van der Waals surface area contributed by atoms with Gasteiger partial charge in [0.25, 0.3) is 0 Å². The first-order chi connectivity index (χ1) is 10.7. The third-order valence-electron chi connectivity index (χ3n) is 3.97. The van der Waals surface area contributed by atoms with Crippen LogP contribution in [0.15, 0.2) is 28.8 Å². The molecule has 0 N–H and O–H groups in total. The molecule has 1 aliphatic rings. The van der Waals surface area contributed by atoms with Gasteiger partial charge in [-0.05, 0) is 33.2 Å². The summed E-state index contributed by atoms with van der Waals surface area (Å²) in [7, 11) is 2.06. The summed E-state index contributed by atoms with van der Waals surface area (Å²) in [5.74, 6) is 1.30. The molecule has 2 heterocycles. The zero-order valence-corrected chi connectivity index (χ0v) is 13.3. The van der Waals surface area contributed by atoms with Crippen molar-refractivity contribution >= 4 is 0 Å². The fraction of sp³-hybridized carbons (Fsp3) is 0.529. The minimum Gasteiger partial charge on any atom is -0.377 e. The first-order valence-electron chi connectivity index (χ1n) is 7.90. The fourth-order valence-electron chi connectivity index (χ4n) is 2.73. The van der Waals surface area contributed by atoms with Crippen molar-refractivity contribution in [3.63, 3.8) is 0 Å². The number of aromatic nitrogens is 2. The van der Waals surface area contributed by atoms with Gasteiger partial charge in [-0.15, -0.1) is 0 Å². The van der Waals surface area contributed by atoms with Crippen LogP contribution in [-0.2, 0) is 11.3 Å². The Kier molecular flexibility index (Phi) is 4.85. The standard InChI is InChI=1S/C17H23N3O2/c1-13-6-8-14(9-7-13)17-18-16(22-19-17)12-20(2)11-15-5-3-4-10-21-15/h6-9,15H,3-5,10-12H2,1-2H3. The van der Waals surface area contributed by atoms with Gasteiger partial charge in [0.2, 0.25) is 11.7 Å². The van der Waals surface area contributed by atoms with Gasteiger partial charge in [0.1, 0.15) is 0 Å². The lowest BCUT2D eigenvalue weighted by atomic mass is 10.1. The monoisotopic (exact) mass is 301 g/mol. The molecule has 5 nitrogen and oxygen atoms in total. The smallest absolute Gasteiger partial charge is 0.241 e. The topological polar surface area (TPSA) is 51.4 Å². The van der Waals surface area contributed by atoms with Crippen LogP contribution < -0.4 is 0 Å². The summed E-state index contributed by atoms with van der Waals surface area (Å²) in [5.41, 5.74) is 2.21. The molecule has 0 radical (unpaired) electrons. The zero-order valence-electron chi connectivity index (χ0n) is 13.3. The van der Waals surface area contributed by atoms with Crippen LogP contribution in [0, 0.1) is 6.92 Å². The molecule has 0 aliphatic carbocycles. The Morgan fingerprint density at radius 2 is 2.05 bits per heavy atom. The maximum Gasteiger partial charge on any atom is 0.241 e. The largest absolute Gasteiger partial charge is 0.377 e. The molecular weight excluding hydrogens is 278 g/mol. The van der Waals surface area contributed by atoms with E-state index in [2.05, 4.69) is 41.1 Å². The maximum absolute atomic E-state index is 5.76. The third-order valence-corrected chi connectivity index (χ3v) is 3.97. The van der Waals surface area contributed by atoms with Gasteiger partial charge in [-0.3, -0.25) is 4.90 Å². The highest BCUT2D eigenvalue weighted by Crippen LogP contribution is 2.18. The Labute approximate surface area is 131 Å². The third kappa shape index (κ3) is 3.93. The second-order valence-corrected chi connectivity index (χ2v) is 6.06. The Morgan fingerprint density at radius 1 is 1.23 bits per heavy atom. The Morgan fingerprint density at radius 3 is 2.77 bits per heavy atom. The van der Waals surface area contributed by atoms with Gasteiger partial charge >= 0.3 is 0 Å². The summed E-state index contributed by atoms with van der Waals surface area (Å²) in [6, 6.07) is 8.14. The number of nitrogens with zero attached hydrogens (tertiary/aromatic N) is 3. The Hall–Kier alpha value is -1.72. The fourth-order valence-corrected chi connectivity index (χ4v) is 2.73. The van der Waals surface area contributed by atoms with E-state index in [1.807, 2.05) is 12.1 Å². The summed E-state index contributed by atoms with van der Waals surface area (Å²) in [6.07, 6.45) is 3.92. The molecule has 1 atom stereocenters. The van der Waals surface area contributed by atoms with Gasteiger partial charge in [-0.1, -0.05) is 35.0 Å². The van der Waals surface area contributed by atoms with Crippen molar-refractivity contribution in [1.82, 2.24) is 15.0 Å². The number of hydrogen-bond acceptors (Lipinski definition) is 5. The minimum atomic E-state index is 0.332. The summed E-state index contributed by atoms with van der Waals surface area (Å²) >= 11 is 0. The SMILES string of the molecule is Cc1ccc(-c2noc(CN(C)CC3CCCCO3)n2)cc1. The molecule has 0 bridgehead atoms. The predicted octanol–water partition coefficient (Wildman–Crippen LogP) is 3.05. The quantitative estimate of drug-likeness (QED) is 0.849. The van der Waals surface area contributed by atoms with Crippen LogP contribution in [-0.4, -0.2) is 41.3 Å². The number of likely N-dealkylation sites (N-methyl/N-ethyl adjacent to an activating group) is 1. The Bertz CT molecular complexity index is 588. The lowest BCUT2D eigenvalue weighted by Gasteiger charge is -2.26. The van der Waals surface area contributed by atoms with Gasteiger partial charge in [-0.2, -0.15) is 4.98 Å². The van der Waals surface area contributed by atoms with E-state index in [-0.39, 0.29) is 0 Å². The molecular formula is C17H23N3O2. The van der Waals surface area contributed by atoms with Crippen LogP contribution >= 0.6 is 0 Å². The molecule has 2 aromatic rings. The maximum atomic E-state index is 5.76. The summed E-state index contributed by atoms with van der Waals surface area (Å²) in [5, 5.41) is 4.07. The number of ether oxygens (including phenoxy) is 1. The number of rotatable bonds is 5. The summed E-state index contributed by atoms with van der Waals surface area (Å²) in [4.78, 5) is 6.67. The van der Waals surface area contributed by atoms with Gasteiger partial charge in [0.05, 0.1) is 12.6 Å². The molecule has 5 heteroatoms. The second-order valence-electron chi connectivity index (χ2n) is 6.06. The van der Waals surface area contributed by atoms with Crippen molar-refractivity contribution in [2.75, 3.05) is 20.2 Å². The van der Waals surface area contributed by atoms with E-state index in [1.54, 1.807) is 0 Å². The number of aryl methyl sites for hydroxylation is 1. The molecule has 0 saturated carbocycles. The normalized spacial score (nSPS) is 18.8. The van der Waals surface area contributed by atoms with Crippen molar-refractivity contribution < 1.29 is 9.26 Å². The number of benzene rings is 1. The highest BCUT2D eigenvalue weighted by atomic mass is 16.5. The first-order valence-corrected chi connectivity index (χ1v) is 7.90. The molecule has 1 aliphatic heterocycles. The predicted molar refractivity (Wildman–Crippen MR) is 84.4 cm³/mol. The van der Waals surface area contributed by atoms with Crippen LogP contribution in [0.5, 0.6) is 0 Å². The van der Waals surface area contributed by atoms with E-state index in [0.29, 0.717) is 24.4 Å². The van der Waals surface area contributed by atoms with Crippen molar-refractivity contribution in [3.05, 3.63) is 35.7 Å². The zero-order chi connectivity index (χ0) is 15.4. The van der Waals surface area contributed by atoms with Crippen molar-refractivity contribution in [1.29, 1.82) is 0 Å². The van der Waals surface area contributed by atoms with Gasteiger partial charge in [0.15, 0.2) is 0 Å². The molecule has 1 aromatic heterocycles. The highest BCUT2D eigenvalue weighted by molar-refractivity contribution is 5.54. The lowest BCUT2D eigenvalue weighted by Crippen LogP contribution is -2.33. The van der Waals surface area contributed by atoms with Crippen molar-refractivity contribution in [3.8, 4) is 11.4 Å². The molecule has 0 spiro atoms. The molecule has 1 unspecified atom stereocenters. The average Bonchev–Trinajstić information content (AvgIpc) is 2.97. The van der Waals surface area contributed by atoms with E-state index < -0.39 is 0 Å². The van der Waals surface area contributed by atoms with Crippen LogP contribution in [0.2, 0.25) is 0 Å². The van der Waals surface area contributed by atoms with Gasteiger partial charge in [0, 0.05) is 18.7 Å². The van der Waals surface area contributed by atoms with Crippen LogP contribution in [0.1, 0.15) is 30.7 Å². The van der Waals surface area contributed by atoms with Gasteiger partial charge < -0.3 is 9.26 Å². The van der Waals surface area contributed by atoms with E-state index in [0.717, 1.165) is 25.1 Å². The van der Waals surface area contributed by atoms with E-state index in [9.17, 15) is 0 Å². The van der Waals surface area contributed by atoms with E-state index >= 15 is 0 Å². The summed E-state index contributed by atoms with van der Waals surface area (Å²) < 4.78 is 11.1. The van der Waals surface area contributed by atoms with Crippen LogP contribution in [0.4, 0.5) is 0 Å². The average molecular weight is 301 g/mol. The van der Waals surface area contributed by atoms with E-state index in [4.69, 9.17) is 9.26 Å². The lowest BCUT2D eigenvalue weighted by molar-refractivity contribution is -0.00382. The number of hydrogen-bond donors (Lipinski definition) is 0. The molecule has 1 fully saturated rings. The van der Waals surface area contributed by atoms with Crippen LogP contribution in [0.25, 0.3) is 11.4 Å². The first kappa shape index (κ1) is 15.2. The molecule has 0 amide bonds. The molecule has 22 heavy (non-hydrogen) atoms. The highest BCUT2D eigenvalue weighted by Gasteiger charge is 2.17. The molecule has 3 rings (SSSR count). The summed E-state index contributed by atoms with van der Waals surface area (Å²) in [6.45, 7) is 4.51. The van der Waals surface area contributed by atoms with E-state index in [1.165, 1.54) is 18.4 Å². The van der Waals surface area contributed by atoms with Gasteiger partial charge in [-0.25, -0.2) is 0 Å². The minimum absolute atomic E-state index is 0.332.